The van der Waals surface area contributed by atoms with E-state index in [9.17, 15) is 4.79 Å². The van der Waals surface area contributed by atoms with Crippen molar-refractivity contribution in [1.82, 2.24) is 0 Å². The summed E-state index contributed by atoms with van der Waals surface area (Å²) in [6, 6.07) is 5.83. The lowest BCUT2D eigenvalue weighted by atomic mass is 9.89. The Bertz CT molecular complexity index is 408. The van der Waals surface area contributed by atoms with Crippen molar-refractivity contribution in [2.45, 2.75) is 41.0 Å². The van der Waals surface area contributed by atoms with Crippen molar-refractivity contribution in [3.8, 4) is 0 Å². The highest BCUT2D eigenvalue weighted by Gasteiger charge is 2.13. The minimum Gasteiger partial charge on any atom is -0.462 e. The number of aryl methyl sites for hydroxylation is 1. The Hall–Kier alpha value is -1.31. The molecule has 0 saturated carbocycles. The van der Waals surface area contributed by atoms with Crippen LogP contribution < -0.4 is 0 Å². The molecule has 100 valence electrons. The lowest BCUT2D eigenvalue weighted by molar-refractivity contribution is 0.0526. The fourth-order valence-corrected chi connectivity index (χ4v) is 1.82. The summed E-state index contributed by atoms with van der Waals surface area (Å²) in [6.07, 6.45) is 1.01. The Morgan fingerprint density at radius 2 is 1.94 bits per heavy atom. The Morgan fingerprint density at radius 1 is 1.28 bits per heavy atom. The monoisotopic (exact) mass is 248 g/mol. The fraction of sp³-hybridized carbons (Fsp3) is 0.562. The van der Waals surface area contributed by atoms with Crippen LogP contribution in [0.1, 0.15) is 49.2 Å². The molecule has 1 unspecified atom stereocenters. The van der Waals surface area contributed by atoms with Gasteiger partial charge in [-0.2, -0.15) is 0 Å². The van der Waals surface area contributed by atoms with Gasteiger partial charge in [-0.1, -0.05) is 26.8 Å². The largest absolute Gasteiger partial charge is 0.462 e. The maximum Gasteiger partial charge on any atom is 0.338 e. The van der Waals surface area contributed by atoms with E-state index in [1.807, 2.05) is 25.1 Å². The van der Waals surface area contributed by atoms with Gasteiger partial charge in [-0.15, -0.1) is 0 Å². The molecule has 0 N–H and O–H groups in total. The Morgan fingerprint density at radius 3 is 2.50 bits per heavy atom. The maximum atomic E-state index is 11.7. The molecule has 0 aliphatic rings. The first kappa shape index (κ1) is 14.7. The molecule has 1 aromatic rings. The van der Waals surface area contributed by atoms with Crippen LogP contribution in [-0.4, -0.2) is 12.6 Å². The number of esters is 1. The van der Waals surface area contributed by atoms with E-state index in [1.54, 1.807) is 0 Å². The van der Waals surface area contributed by atoms with Crippen LogP contribution in [0, 0.1) is 18.8 Å². The second-order valence-electron chi connectivity index (χ2n) is 5.29. The molecule has 0 spiro atoms. The number of ether oxygens (including phenoxy) is 1. The van der Waals surface area contributed by atoms with E-state index in [0.29, 0.717) is 24.0 Å². The first-order valence-corrected chi connectivity index (χ1v) is 6.72. The van der Waals surface area contributed by atoms with Crippen LogP contribution in [0.5, 0.6) is 0 Å². The third kappa shape index (κ3) is 3.86. The molecule has 0 radical (unpaired) electrons. The quantitative estimate of drug-likeness (QED) is 0.736. The van der Waals surface area contributed by atoms with Crippen molar-refractivity contribution in [3.63, 3.8) is 0 Å². The van der Waals surface area contributed by atoms with Crippen molar-refractivity contribution in [3.05, 3.63) is 34.9 Å². The Kier molecular flexibility index (Phi) is 5.39. The fourth-order valence-electron chi connectivity index (χ4n) is 1.82. The van der Waals surface area contributed by atoms with Gasteiger partial charge in [0.15, 0.2) is 0 Å². The molecule has 0 amide bonds. The lowest BCUT2D eigenvalue weighted by Crippen LogP contribution is -2.10. The summed E-state index contributed by atoms with van der Waals surface area (Å²) in [4.78, 5) is 11.7. The highest BCUT2D eigenvalue weighted by atomic mass is 16.5. The van der Waals surface area contributed by atoms with Crippen molar-refractivity contribution in [1.29, 1.82) is 0 Å². The van der Waals surface area contributed by atoms with Gasteiger partial charge in [0.2, 0.25) is 0 Å². The summed E-state index contributed by atoms with van der Waals surface area (Å²) in [5.74, 6) is 1.03. The molecule has 1 aromatic carbocycles. The smallest absolute Gasteiger partial charge is 0.338 e. The highest BCUT2D eigenvalue weighted by Crippen LogP contribution is 2.20. The predicted molar refractivity (Wildman–Crippen MR) is 74.8 cm³/mol. The van der Waals surface area contributed by atoms with Gasteiger partial charge in [-0.25, -0.2) is 4.79 Å². The molecule has 18 heavy (non-hydrogen) atoms. The standard InChI is InChI=1S/C16H24O2/c1-6-18-16(17)14-8-7-12(4)15(10-14)9-13(5)11(2)3/h7-8,10-11,13H,6,9H2,1-5H3. The number of carbonyl (C=O) groups excluding carboxylic acids is 1. The van der Waals surface area contributed by atoms with E-state index in [0.717, 1.165) is 6.42 Å². The topological polar surface area (TPSA) is 26.3 Å². The zero-order valence-electron chi connectivity index (χ0n) is 12.1. The average molecular weight is 248 g/mol. The van der Waals surface area contributed by atoms with Gasteiger partial charge in [-0.05, 0) is 55.4 Å². The Labute approximate surface area is 110 Å². The van der Waals surface area contributed by atoms with Gasteiger partial charge < -0.3 is 4.74 Å². The van der Waals surface area contributed by atoms with Crippen LogP contribution >= 0.6 is 0 Å². The van der Waals surface area contributed by atoms with Gasteiger partial charge in [0.25, 0.3) is 0 Å². The molecular formula is C16H24O2. The van der Waals surface area contributed by atoms with E-state index in [-0.39, 0.29) is 5.97 Å². The van der Waals surface area contributed by atoms with E-state index in [1.165, 1.54) is 11.1 Å². The molecule has 0 aliphatic heterocycles. The van der Waals surface area contributed by atoms with Crippen LogP contribution in [0.3, 0.4) is 0 Å². The Balaban J connectivity index is 2.91. The molecule has 0 aromatic heterocycles. The number of carbonyl (C=O) groups is 1. The van der Waals surface area contributed by atoms with Crippen molar-refractivity contribution >= 4 is 5.97 Å². The molecule has 0 aliphatic carbocycles. The number of hydrogen-bond acceptors (Lipinski definition) is 2. The van der Waals surface area contributed by atoms with Crippen molar-refractivity contribution in [2.75, 3.05) is 6.61 Å². The third-order valence-electron chi connectivity index (χ3n) is 3.54. The van der Waals surface area contributed by atoms with Crippen molar-refractivity contribution in [2.24, 2.45) is 11.8 Å². The minimum absolute atomic E-state index is 0.226. The molecule has 0 bridgehead atoms. The van der Waals surface area contributed by atoms with Gasteiger partial charge in [-0.3, -0.25) is 0 Å². The van der Waals surface area contributed by atoms with Crippen LogP contribution in [0.15, 0.2) is 18.2 Å². The molecule has 2 heteroatoms. The molecule has 0 fully saturated rings. The SMILES string of the molecule is CCOC(=O)c1ccc(C)c(CC(C)C(C)C)c1. The van der Waals surface area contributed by atoms with E-state index < -0.39 is 0 Å². The van der Waals surface area contributed by atoms with Crippen molar-refractivity contribution < 1.29 is 9.53 Å². The van der Waals surface area contributed by atoms with Gasteiger partial charge in [0.1, 0.15) is 0 Å². The second-order valence-corrected chi connectivity index (χ2v) is 5.29. The molecule has 1 rings (SSSR count). The summed E-state index contributed by atoms with van der Waals surface area (Å²) in [5, 5.41) is 0. The van der Waals surface area contributed by atoms with Crippen LogP contribution in [0.2, 0.25) is 0 Å². The number of rotatable bonds is 5. The van der Waals surface area contributed by atoms with Gasteiger partial charge in [0, 0.05) is 0 Å². The maximum absolute atomic E-state index is 11.7. The average Bonchev–Trinajstić information content (AvgIpc) is 2.31. The predicted octanol–water partition coefficient (Wildman–Crippen LogP) is 4.01. The van der Waals surface area contributed by atoms with Crippen LogP contribution in [0.25, 0.3) is 0 Å². The molecule has 2 nitrogen and oxygen atoms in total. The first-order valence-electron chi connectivity index (χ1n) is 6.72. The zero-order valence-corrected chi connectivity index (χ0v) is 12.1. The van der Waals surface area contributed by atoms with Crippen LogP contribution in [0.4, 0.5) is 0 Å². The summed E-state index contributed by atoms with van der Waals surface area (Å²) in [7, 11) is 0. The van der Waals surface area contributed by atoms with E-state index in [4.69, 9.17) is 4.74 Å². The minimum atomic E-state index is -0.226. The molecular weight excluding hydrogens is 224 g/mol. The molecule has 0 heterocycles. The molecule has 1 atom stereocenters. The van der Waals surface area contributed by atoms with Crippen LogP contribution in [-0.2, 0) is 11.2 Å². The number of hydrogen-bond donors (Lipinski definition) is 0. The second kappa shape index (κ2) is 6.58. The lowest BCUT2D eigenvalue weighted by Gasteiger charge is -2.17. The van der Waals surface area contributed by atoms with Gasteiger partial charge in [0.05, 0.1) is 12.2 Å². The third-order valence-corrected chi connectivity index (χ3v) is 3.54. The van der Waals surface area contributed by atoms with E-state index >= 15 is 0 Å². The zero-order chi connectivity index (χ0) is 13.7. The van der Waals surface area contributed by atoms with Gasteiger partial charge >= 0.3 is 5.97 Å². The summed E-state index contributed by atoms with van der Waals surface area (Å²) in [6.45, 7) is 11.1. The van der Waals surface area contributed by atoms with E-state index in [2.05, 4.69) is 27.7 Å². The molecule has 0 saturated heterocycles. The summed E-state index contributed by atoms with van der Waals surface area (Å²) in [5.41, 5.74) is 3.16. The normalized spacial score (nSPS) is 12.6. The highest BCUT2D eigenvalue weighted by molar-refractivity contribution is 5.89. The summed E-state index contributed by atoms with van der Waals surface area (Å²) >= 11 is 0. The summed E-state index contributed by atoms with van der Waals surface area (Å²) < 4.78 is 5.04. The first-order chi connectivity index (χ1) is 8.45. The number of benzene rings is 1.